The van der Waals surface area contributed by atoms with Crippen molar-refractivity contribution in [2.45, 2.75) is 6.92 Å². The van der Waals surface area contributed by atoms with Crippen LogP contribution in [0.5, 0.6) is 0 Å². The van der Waals surface area contributed by atoms with Crippen LogP contribution in [0.2, 0.25) is 0 Å². The molecule has 0 bridgehead atoms. The number of nitriles is 1. The van der Waals surface area contributed by atoms with Crippen LogP contribution >= 0.6 is 0 Å². The lowest BCUT2D eigenvalue weighted by molar-refractivity contribution is -0.163. The second-order valence-electron chi connectivity index (χ2n) is 3.51. The van der Waals surface area contributed by atoms with Gasteiger partial charge in [0.15, 0.2) is 5.92 Å². The van der Waals surface area contributed by atoms with E-state index in [-0.39, 0.29) is 0 Å². The van der Waals surface area contributed by atoms with Crippen LogP contribution in [0.25, 0.3) is 0 Å². The molecule has 0 aromatic rings. The van der Waals surface area contributed by atoms with Gasteiger partial charge < -0.3 is 14.2 Å². The summed E-state index contributed by atoms with van der Waals surface area (Å²) in [6.45, 7) is 1.41. The predicted octanol–water partition coefficient (Wildman–Crippen LogP) is -0.103. The molecule has 0 aliphatic heterocycles. The highest BCUT2D eigenvalue weighted by atomic mass is 16.5. The summed E-state index contributed by atoms with van der Waals surface area (Å²) in [6.07, 6.45) is 0. The van der Waals surface area contributed by atoms with Crippen LogP contribution in [0.15, 0.2) is 0 Å². The number of esters is 3. The maximum Gasteiger partial charge on any atom is 0.323 e. The normalized spacial score (nSPS) is 13.1. The third kappa shape index (κ3) is 3.45. The van der Waals surface area contributed by atoms with Gasteiger partial charge in [0.25, 0.3) is 0 Å². The Morgan fingerprint density at radius 2 is 1.33 bits per heavy atom. The van der Waals surface area contributed by atoms with Gasteiger partial charge in [-0.05, 0) is 0 Å². The quantitative estimate of drug-likeness (QED) is 0.385. The van der Waals surface area contributed by atoms with E-state index < -0.39 is 35.7 Å². The fraction of sp³-hybridized carbons (Fsp3) is 0.636. The first-order chi connectivity index (χ1) is 8.44. The van der Waals surface area contributed by atoms with Crippen LogP contribution in [-0.2, 0) is 28.6 Å². The first-order valence-electron chi connectivity index (χ1n) is 5.07. The molecule has 0 aromatic heterocycles. The third-order valence-corrected chi connectivity index (χ3v) is 2.56. The topological polar surface area (TPSA) is 103 Å². The number of hydrogen-bond donors (Lipinski definition) is 0. The highest BCUT2D eigenvalue weighted by Gasteiger charge is 2.41. The average Bonchev–Trinajstić information content (AvgIpc) is 2.38. The van der Waals surface area contributed by atoms with Crippen molar-refractivity contribution in [1.29, 1.82) is 5.26 Å². The Morgan fingerprint density at radius 1 is 0.944 bits per heavy atom. The molecule has 0 amide bonds. The maximum absolute atomic E-state index is 11.5. The minimum atomic E-state index is -1.34. The average molecular weight is 257 g/mol. The largest absolute Gasteiger partial charge is 0.468 e. The van der Waals surface area contributed by atoms with Crippen LogP contribution in [0.1, 0.15) is 6.92 Å². The van der Waals surface area contributed by atoms with Crippen LogP contribution in [0.3, 0.4) is 0 Å². The van der Waals surface area contributed by atoms with Crippen molar-refractivity contribution in [3.8, 4) is 6.07 Å². The Bertz CT molecular complexity index is 356. The molecule has 0 saturated heterocycles. The van der Waals surface area contributed by atoms with E-state index in [2.05, 4.69) is 14.2 Å². The van der Waals surface area contributed by atoms with Crippen molar-refractivity contribution in [3.63, 3.8) is 0 Å². The van der Waals surface area contributed by atoms with Crippen molar-refractivity contribution in [2.75, 3.05) is 21.3 Å². The fourth-order valence-corrected chi connectivity index (χ4v) is 1.48. The molecule has 7 nitrogen and oxygen atoms in total. The molecule has 0 aliphatic carbocycles. The van der Waals surface area contributed by atoms with Gasteiger partial charge in [-0.3, -0.25) is 14.4 Å². The maximum atomic E-state index is 11.5. The van der Waals surface area contributed by atoms with Crippen molar-refractivity contribution < 1.29 is 28.6 Å². The Hall–Kier alpha value is -2.10. The van der Waals surface area contributed by atoms with Gasteiger partial charge >= 0.3 is 17.9 Å². The molecule has 2 unspecified atom stereocenters. The minimum absolute atomic E-state index is 0.817. The molecule has 2 atom stereocenters. The zero-order valence-electron chi connectivity index (χ0n) is 10.6. The van der Waals surface area contributed by atoms with Gasteiger partial charge in [0, 0.05) is 5.92 Å². The van der Waals surface area contributed by atoms with E-state index in [0.717, 1.165) is 21.3 Å². The smallest absolute Gasteiger partial charge is 0.323 e. The zero-order valence-corrected chi connectivity index (χ0v) is 10.6. The van der Waals surface area contributed by atoms with Gasteiger partial charge in [0.1, 0.15) is 5.92 Å². The van der Waals surface area contributed by atoms with Gasteiger partial charge in [-0.2, -0.15) is 5.26 Å². The van der Waals surface area contributed by atoms with E-state index >= 15 is 0 Å². The summed E-state index contributed by atoms with van der Waals surface area (Å²) in [6, 6.07) is 1.70. The van der Waals surface area contributed by atoms with Crippen molar-refractivity contribution in [2.24, 2.45) is 17.8 Å². The molecule has 0 aromatic carbocycles. The van der Waals surface area contributed by atoms with E-state index in [9.17, 15) is 14.4 Å². The Kier molecular flexibility index (Phi) is 6.42. The lowest BCUT2D eigenvalue weighted by Crippen LogP contribution is -2.38. The number of rotatable bonds is 5. The molecule has 0 N–H and O–H groups in total. The molecule has 7 heteroatoms. The molecule has 0 rings (SSSR count). The molecule has 18 heavy (non-hydrogen) atoms. The standard InChI is InChI=1S/C11H15NO6/c1-6(7(5-12)9(13)16-2)8(10(14)17-3)11(15)18-4/h6-8H,1-4H3. The molecular formula is C11H15NO6. The number of carbonyl (C=O) groups is 3. The molecule has 0 heterocycles. The third-order valence-electron chi connectivity index (χ3n) is 2.56. The summed E-state index contributed by atoms with van der Waals surface area (Å²) >= 11 is 0. The van der Waals surface area contributed by atoms with Crippen molar-refractivity contribution in [3.05, 3.63) is 0 Å². The van der Waals surface area contributed by atoms with Crippen LogP contribution < -0.4 is 0 Å². The highest BCUT2D eigenvalue weighted by molar-refractivity contribution is 5.96. The molecule has 0 spiro atoms. The number of carbonyl (C=O) groups excluding carboxylic acids is 3. The van der Waals surface area contributed by atoms with E-state index in [1.54, 1.807) is 6.07 Å². The molecule has 0 aliphatic rings. The Labute approximate surface area is 105 Å². The summed E-state index contributed by atoms with van der Waals surface area (Å²) < 4.78 is 13.4. The van der Waals surface area contributed by atoms with Gasteiger partial charge in [0.2, 0.25) is 0 Å². The summed E-state index contributed by atoms with van der Waals surface area (Å²) in [7, 11) is 3.32. The number of methoxy groups -OCH3 is 3. The summed E-state index contributed by atoms with van der Waals surface area (Å²) in [5.74, 6) is -6.05. The summed E-state index contributed by atoms with van der Waals surface area (Å²) in [5.41, 5.74) is 0. The lowest BCUT2D eigenvalue weighted by atomic mass is 9.83. The zero-order chi connectivity index (χ0) is 14.3. The van der Waals surface area contributed by atoms with Crippen molar-refractivity contribution >= 4 is 17.9 Å². The van der Waals surface area contributed by atoms with Crippen molar-refractivity contribution in [1.82, 2.24) is 0 Å². The van der Waals surface area contributed by atoms with E-state index in [4.69, 9.17) is 5.26 Å². The van der Waals surface area contributed by atoms with Gasteiger partial charge in [-0.25, -0.2) is 0 Å². The minimum Gasteiger partial charge on any atom is -0.468 e. The summed E-state index contributed by atoms with van der Waals surface area (Å²) in [5, 5.41) is 8.90. The van der Waals surface area contributed by atoms with E-state index in [1.165, 1.54) is 6.92 Å². The second kappa shape index (κ2) is 7.27. The first kappa shape index (κ1) is 15.9. The molecule has 100 valence electrons. The Balaban J connectivity index is 5.24. The molecule has 0 radical (unpaired) electrons. The second-order valence-corrected chi connectivity index (χ2v) is 3.51. The van der Waals surface area contributed by atoms with E-state index in [1.807, 2.05) is 0 Å². The molecule has 0 fully saturated rings. The van der Waals surface area contributed by atoms with Gasteiger partial charge in [0.05, 0.1) is 27.4 Å². The van der Waals surface area contributed by atoms with Crippen LogP contribution in [-0.4, -0.2) is 39.2 Å². The number of nitrogens with zero attached hydrogens (tertiary/aromatic N) is 1. The van der Waals surface area contributed by atoms with Gasteiger partial charge in [-0.1, -0.05) is 6.92 Å². The van der Waals surface area contributed by atoms with Gasteiger partial charge in [-0.15, -0.1) is 0 Å². The fourth-order valence-electron chi connectivity index (χ4n) is 1.48. The Morgan fingerprint density at radius 3 is 1.61 bits per heavy atom. The SMILES string of the molecule is COC(=O)C(C#N)C(C)C(C(=O)OC)C(=O)OC. The molecule has 0 saturated carbocycles. The molecular weight excluding hydrogens is 242 g/mol. The summed E-state index contributed by atoms with van der Waals surface area (Å²) in [4.78, 5) is 34.4. The number of ether oxygens (including phenoxy) is 3. The number of hydrogen-bond acceptors (Lipinski definition) is 7. The predicted molar refractivity (Wildman–Crippen MR) is 57.8 cm³/mol. The lowest BCUT2D eigenvalue weighted by Gasteiger charge is -2.21. The monoisotopic (exact) mass is 257 g/mol. The first-order valence-corrected chi connectivity index (χ1v) is 5.07. The van der Waals surface area contributed by atoms with E-state index in [0.29, 0.717) is 0 Å². The van der Waals surface area contributed by atoms with Crippen LogP contribution in [0.4, 0.5) is 0 Å². The van der Waals surface area contributed by atoms with Crippen LogP contribution in [0, 0.1) is 29.1 Å². The highest BCUT2D eigenvalue weighted by Crippen LogP contribution is 2.24.